The Morgan fingerprint density at radius 3 is 2.79 bits per heavy atom. The molecule has 0 aliphatic rings. The number of aliphatic hydroxyl groups is 1. The molecule has 0 aliphatic carbocycles. The van der Waals surface area contributed by atoms with Crippen molar-refractivity contribution in [3.63, 3.8) is 0 Å². The Balaban J connectivity index is 2.39. The SMILES string of the molecule is CC(C)(CCCO)CNC(=O)Cc1cccc(F)c1. The number of rotatable bonds is 7. The second kappa shape index (κ2) is 7.24. The van der Waals surface area contributed by atoms with Crippen molar-refractivity contribution in [2.75, 3.05) is 13.2 Å². The van der Waals surface area contributed by atoms with Crippen LogP contribution in [-0.4, -0.2) is 24.2 Å². The van der Waals surface area contributed by atoms with Crippen molar-refractivity contribution in [1.29, 1.82) is 0 Å². The van der Waals surface area contributed by atoms with E-state index in [1.807, 2.05) is 13.8 Å². The Morgan fingerprint density at radius 1 is 1.42 bits per heavy atom. The van der Waals surface area contributed by atoms with Gasteiger partial charge in [-0.1, -0.05) is 26.0 Å². The maximum Gasteiger partial charge on any atom is 0.224 e. The monoisotopic (exact) mass is 267 g/mol. The molecule has 0 saturated heterocycles. The van der Waals surface area contributed by atoms with E-state index in [9.17, 15) is 9.18 Å². The van der Waals surface area contributed by atoms with Gasteiger partial charge in [-0.3, -0.25) is 4.79 Å². The molecule has 0 spiro atoms. The number of amides is 1. The van der Waals surface area contributed by atoms with Crippen LogP contribution in [0.15, 0.2) is 24.3 Å². The molecule has 0 heterocycles. The molecule has 1 aromatic rings. The minimum absolute atomic E-state index is 0.0413. The summed E-state index contributed by atoms with van der Waals surface area (Å²) < 4.78 is 13.0. The zero-order chi connectivity index (χ0) is 14.3. The van der Waals surface area contributed by atoms with Gasteiger partial charge in [-0.2, -0.15) is 0 Å². The fraction of sp³-hybridized carbons (Fsp3) is 0.533. The minimum Gasteiger partial charge on any atom is -0.396 e. The lowest BCUT2D eigenvalue weighted by Crippen LogP contribution is -2.35. The summed E-state index contributed by atoms with van der Waals surface area (Å²) in [5.74, 6) is -0.434. The largest absolute Gasteiger partial charge is 0.396 e. The molecule has 4 heteroatoms. The highest BCUT2D eigenvalue weighted by Crippen LogP contribution is 2.20. The first-order valence-electron chi connectivity index (χ1n) is 6.55. The van der Waals surface area contributed by atoms with Gasteiger partial charge in [0.05, 0.1) is 6.42 Å². The number of benzene rings is 1. The first-order chi connectivity index (χ1) is 8.93. The van der Waals surface area contributed by atoms with Crippen molar-refractivity contribution >= 4 is 5.91 Å². The lowest BCUT2D eigenvalue weighted by Gasteiger charge is -2.24. The zero-order valence-electron chi connectivity index (χ0n) is 11.6. The van der Waals surface area contributed by atoms with E-state index in [4.69, 9.17) is 5.11 Å². The van der Waals surface area contributed by atoms with Gasteiger partial charge in [0.15, 0.2) is 0 Å². The van der Waals surface area contributed by atoms with Crippen molar-refractivity contribution in [3.05, 3.63) is 35.6 Å². The van der Waals surface area contributed by atoms with Crippen LogP contribution in [0.4, 0.5) is 4.39 Å². The summed E-state index contributed by atoms with van der Waals surface area (Å²) in [5.41, 5.74) is 0.631. The van der Waals surface area contributed by atoms with Crippen LogP contribution in [0.5, 0.6) is 0 Å². The Bertz CT molecular complexity index is 418. The summed E-state index contributed by atoms with van der Waals surface area (Å²) in [4.78, 5) is 11.8. The lowest BCUT2D eigenvalue weighted by atomic mass is 9.88. The molecule has 1 rings (SSSR count). The number of carbonyl (C=O) groups is 1. The molecule has 3 nitrogen and oxygen atoms in total. The summed E-state index contributed by atoms with van der Waals surface area (Å²) in [7, 11) is 0. The molecular weight excluding hydrogens is 245 g/mol. The van der Waals surface area contributed by atoms with Gasteiger partial charge < -0.3 is 10.4 Å². The highest BCUT2D eigenvalue weighted by atomic mass is 19.1. The average Bonchev–Trinajstić information content (AvgIpc) is 2.34. The minimum atomic E-state index is -0.325. The summed E-state index contributed by atoms with van der Waals surface area (Å²) in [6.07, 6.45) is 1.77. The first-order valence-corrected chi connectivity index (χ1v) is 6.55. The lowest BCUT2D eigenvalue weighted by molar-refractivity contribution is -0.120. The fourth-order valence-corrected chi connectivity index (χ4v) is 1.88. The van der Waals surface area contributed by atoms with Gasteiger partial charge in [0.2, 0.25) is 5.91 Å². The van der Waals surface area contributed by atoms with E-state index < -0.39 is 0 Å². The van der Waals surface area contributed by atoms with Crippen LogP contribution in [0.1, 0.15) is 32.3 Å². The molecule has 2 N–H and O–H groups in total. The van der Waals surface area contributed by atoms with Gasteiger partial charge in [0.1, 0.15) is 5.82 Å². The van der Waals surface area contributed by atoms with Gasteiger partial charge in [-0.25, -0.2) is 4.39 Å². The van der Waals surface area contributed by atoms with Crippen molar-refractivity contribution in [2.24, 2.45) is 5.41 Å². The number of halogens is 1. The Labute approximate surface area is 113 Å². The van der Waals surface area contributed by atoms with Crippen LogP contribution >= 0.6 is 0 Å². The van der Waals surface area contributed by atoms with Crippen LogP contribution in [-0.2, 0) is 11.2 Å². The van der Waals surface area contributed by atoms with Gasteiger partial charge in [-0.15, -0.1) is 0 Å². The summed E-state index contributed by atoms with van der Waals surface area (Å²) in [5, 5.41) is 11.7. The van der Waals surface area contributed by atoms with E-state index >= 15 is 0 Å². The molecular formula is C15H22FNO2. The van der Waals surface area contributed by atoms with Gasteiger partial charge in [0, 0.05) is 13.2 Å². The normalized spacial score (nSPS) is 11.4. The van der Waals surface area contributed by atoms with Crippen LogP contribution in [0.3, 0.4) is 0 Å². The van der Waals surface area contributed by atoms with Crippen molar-refractivity contribution in [3.8, 4) is 0 Å². The smallest absolute Gasteiger partial charge is 0.224 e. The van der Waals surface area contributed by atoms with Crippen molar-refractivity contribution in [1.82, 2.24) is 5.32 Å². The highest BCUT2D eigenvalue weighted by molar-refractivity contribution is 5.78. The second-order valence-corrected chi connectivity index (χ2v) is 5.57. The molecule has 1 amide bonds. The van der Waals surface area contributed by atoms with E-state index in [-0.39, 0.29) is 30.2 Å². The zero-order valence-corrected chi connectivity index (χ0v) is 11.6. The number of carbonyl (C=O) groups excluding carboxylic acids is 1. The molecule has 0 atom stereocenters. The quantitative estimate of drug-likeness (QED) is 0.796. The fourth-order valence-electron chi connectivity index (χ4n) is 1.88. The molecule has 0 aromatic heterocycles. The molecule has 106 valence electrons. The first kappa shape index (κ1) is 15.6. The molecule has 1 aromatic carbocycles. The number of hydrogen-bond acceptors (Lipinski definition) is 2. The third-order valence-corrected chi connectivity index (χ3v) is 3.03. The molecule has 0 unspecified atom stereocenters. The number of hydrogen-bond donors (Lipinski definition) is 2. The summed E-state index contributed by atoms with van der Waals surface area (Å²) in [6, 6.07) is 6.07. The molecule has 0 radical (unpaired) electrons. The Morgan fingerprint density at radius 2 is 2.16 bits per heavy atom. The summed E-state index contributed by atoms with van der Waals surface area (Å²) >= 11 is 0. The molecule has 19 heavy (non-hydrogen) atoms. The third-order valence-electron chi connectivity index (χ3n) is 3.03. The van der Waals surface area contributed by atoms with E-state index in [2.05, 4.69) is 5.32 Å². The van der Waals surface area contributed by atoms with Crippen LogP contribution in [0.25, 0.3) is 0 Å². The Kier molecular flexibility index (Phi) is 5.96. The standard InChI is InChI=1S/C15H22FNO2/c1-15(2,7-4-8-18)11-17-14(19)10-12-5-3-6-13(16)9-12/h3,5-6,9,18H,4,7-8,10-11H2,1-2H3,(H,17,19). The maximum atomic E-state index is 13.0. The van der Waals surface area contributed by atoms with Crippen LogP contribution < -0.4 is 5.32 Å². The predicted octanol–water partition coefficient (Wildman–Crippen LogP) is 2.28. The molecule has 0 bridgehead atoms. The van der Waals surface area contributed by atoms with Crippen molar-refractivity contribution in [2.45, 2.75) is 33.1 Å². The second-order valence-electron chi connectivity index (χ2n) is 5.57. The number of nitrogens with one attached hydrogen (secondary N) is 1. The van der Waals surface area contributed by atoms with Crippen LogP contribution in [0, 0.1) is 11.2 Å². The van der Waals surface area contributed by atoms with Gasteiger partial charge >= 0.3 is 0 Å². The average molecular weight is 267 g/mol. The highest BCUT2D eigenvalue weighted by Gasteiger charge is 2.18. The maximum absolute atomic E-state index is 13.0. The van der Waals surface area contributed by atoms with Crippen LogP contribution in [0.2, 0.25) is 0 Å². The van der Waals surface area contributed by atoms with E-state index in [1.54, 1.807) is 12.1 Å². The summed E-state index contributed by atoms with van der Waals surface area (Å²) in [6.45, 7) is 4.82. The number of aliphatic hydroxyl groups excluding tert-OH is 1. The van der Waals surface area contributed by atoms with Gasteiger partial charge in [0.25, 0.3) is 0 Å². The van der Waals surface area contributed by atoms with Gasteiger partial charge in [-0.05, 0) is 36.0 Å². The molecule has 0 fully saturated rings. The topological polar surface area (TPSA) is 49.3 Å². The van der Waals surface area contributed by atoms with E-state index in [1.165, 1.54) is 12.1 Å². The predicted molar refractivity (Wildman–Crippen MR) is 73.2 cm³/mol. The molecule has 0 aliphatic heterocycles. The van der Waals surface area contributed by atoms with E-state index in [0.717, 1.165) is 12.8 Å². The van der Waals surface area contributed by atoms with E-state index in [0.29, 0.717) is 12.1 Å². The third kappa shape index (κ3) is 6.34. The van der Waals surface area contributed by atoms with Crippen molar-refractivity contribution < 1.29 is 14.3 Å². The Hall–Kier alpha value is -1.42. The molecule has 0 saturated carbocycles.